The van der Waals surface area contributed by atoms with Crippen molar-refractivity contribution in [3.05, 3.63) is 46.4 Å². The molecule has 9 heteroatoms. The summed E-state index contributed by atoms with van der Waals surface area (Å²) in [5.74, 6) is 0.818. The monoisotopic (exact) mass is 466 g/mol. The fraction of sp³-hybridized carbons (Fsp3) is 0.188. The molecule has 0 aliphatic rings. The third kappa shape index (κ3) is 4.54. The van der Waals surface area contributed by atoms with Crippen molar-refractivity contribution in [1.29, 1.82) is 0 Å². The topological polar surface area (TPSA) is 85.6 Å². The van der Waals surface area contributed by atoms with Gasteiger partial charge in [0.15, 0.2) is 11.0 Å². The maximum absolute atomic E-state index is 12.1. The van der Waals surface area contributed by atoms with Gasteiger partial charge in [-0.15, -0.1) is 10.2 Å². The predicted molar refractivity (Wildman–Crippen MR) is 105 cm³/mol. The van der Waals surface area contributed by atoms with E-state index in [0.29, 0.717) is 23.2 Å². The number of halogens is 1. The lowest BCUT2D eigenvalue weighted by Crippen LogP contribution is -2.14. The molecule has 0 aliphatic carbocycles. The first kappa shape index (κ1) is 17.8. The maximum Gasteiger partial charge on any atom is 0.234 e. The predicted octanol–water partition coefficient (Wildman–Crippen LogP) is 3.09. The number of rotatable bonds is 6. The van der Waals surface area contributed by atoms with Crippen LogP contribution in [-0.4, -0.2) is 36.4 Å². The van der Waals surface area contributed by atoms with Gasteiger partial charge < -0.3 is 9.88 Å². The number of carbonyl (C=O) groups is 1. The van der Waals surface area contributed by atoms with E-state index < -0.39 is 0 Å². The van der Waals surface area contributed by atoms with Crippen LogP contribution in [0.2, 0.25) is 0 Å². The second-order valence-corrected chi connectivity index (χ2v) is 7.17. The molecule has 7 nitrogen and oxygen atoms in total. The Morgan fingerprint density at radius 1 is 1.24 bits per heavy atom. The molecule has 25 heavy (non-hydrogen) atoms. The van der Waals surface area contributed by atoms with Crippen LogP contribution in [0, 0.1) is 3.57 Å². The SMILES string of the molecule is CCn1c(SCC(=O)Nc2ccc(I)cc2)nnc1-c1cnccn1. The van der Waals surface area contributed by atoms with E-state index in [2.05, 4.69) is 48.1 Å². The Hall–Kier alpha value is -2.01. The highest BCUT2D eigenvalue weighted by molar-refractivity contribution is 14.1. The minimum atomic E-state index is -0.0853. The van der Waals surface area contributed by atoms with E-state index >= 15 is 0 Å². The van der Waals surface area contributed by atoms with Gasteiger partial charge in [0.25, 0.3) is 0 Å². The summed E-state index contributed by atoms with van der Waals surface area (Å²) in [6.07, 6.45) is 4.88. The lowest BCUT2D eigenvalue weighted by Gasteiger charge is -2.07. The summed E-state index contributed by atoms with van der Waals surface area (Å²) in [4.78, 5) is 20.4. The lowest BCUT2D eigenvalue weighted by molar-refractivity contribution is -0.113. The molecule has 3 rings (SSSR count). The number of aromatic nitrogens is 5. The molecule has 0 unspecified atom stereocenters. The van der Waals surface area contributed by atoms with Crippen LogP contribution >= 0.6 is 34.4 Å². The van der Waals surface area contributed by atoms with Crippen LogP contribution in [0.1, 0.15) is 6.92 Å². The highest BCUT2D eigenvalue weighted by atomic mass is 127. The summed E-state index contributed by atoms with van der Waals surface area (Å²) in [7, 11) is 0. The van der Waals surface area contributed by atoms with E-state index in [1.165, 1.54) is 11.8 Å². The zero-order valence-electron chi connectivity index (χ0n) is 13.4. The minimum absolute atomic E-state index is 0.0853. The molecule has 2 heterocycles. The van der Waals surface area contributed by atoms with Gasteiger partial charge in [0.2, 0.25) is 5.91 Å². The van der Waals surface area contributed by atoms with Crippen molar-refractivity contribution in [2.45, 2.75) is 18.6 Å². The van der Waals surface area contributed by atoms with E-state index in [1.807, 2.05) is 35.8 Å². The highest BCUT2D eigenvalue weighted by Gasteiger charge is 2.15. The number of amides is 1. The molecule has 1 N–H and O–H groups in total. The molecule has 0 radical (unpaired) electrons. The van der Waals surface area contributed by atoms with Crippen molar-refractivity contribution in [3.8, 4) is 11.5 Å². The molecule has 0 spiro atoms. The van der Waals surface area contributed by atoms with Gasteiger partial charge in [-0.05, 0) is 53.8 Å². The molecule has 0 aliphatic heterocycles. The number of hydrogen-bond donors (Lipinski definition) is 1. The number of carbonyl (C=O) groups excluding carboxylic acids is 1. The van der Waals surface area contributed by atoms with Crippen molar-refractivity contribution in [3.63, 3.8) is 0 Å². The fourth-order valence-corrected chi connectivity index (χ4v) is 3.31. The van der Waals surface area contributed by atoms with Crippen LogP contribution < -0.4 is 5.32 Å². The molecule has 0 atom stereocenters. The van der Waals surface area contributed by atoms with Gasteiger partial charge in [-0.2, -0.15) is 0 Å². The van der Waals surface area contributed by atoms with E-state index in [0.717, 1.165) is 9.26 Å². The van der Waals surface area contributed by atoms with Crippen LogP contribution in [-0.2, 0) is 11.3 Å². The van der Waals surface area contributed by atoms with Gasteiger partial charge in [-0.1, -0.05) is 11.8 Å². The normalized spacial score (nSPS) is 10.6. The summed E-state index contributed by atoms with van der Waals surface area (Å²) in [6.45, 7) is 2.68. The van der Waals surface area contributed by atoms with E-state index in [9.17, 15) is 4.79 Å². The van der Waals surface area contributed by atoms with Crippen LogP contribution in [0.25, 0.3) is 11.5 Å². The van der Waals surface area contributed by atoms with Gasteiger partial charge in [0.1, 0.15) is 5.69 Å². The number of thioether (sulfide) groups is 1. The second kappa shape index (κ2) is 8.39. The number of benzene rings is 1. The molecule has 0 bridgehead atoms. The summed E-state index contributed by atoms with van der Waals surface area (Å²) in [5.41, 5.74) is 1.44. The average molecular weight is 466 g/mol. The molecule has 3 aromatic rings. The van der Waals surface area contributed by atoms with Gasteiger partial charge in [-0.3, -0.25) is 9.78 Å². The quantitative estimate of drug-likeness (QED) is 0.444. The summed E-state index contributed by atoms with van der Waals surface area (Å²) < 4.78 is 3.05. The van der Waals surface area contributed by atoms with E-state index in [1.54, 1.807) is 18.6 Å². The van der Waals surface area contributed by atoms with Crippen molar-refractivity contribution < 1.29 is 4.79 Å². The van der Waals surface area contributed by atoms with Gasteiger partial charge >= 0.3 is 0 Å². The standard InChI is InChI=1S/C16H15IN6OS/c1-2-23-15(13-9-18-7-8-19-13)21-22-16(23)25-10-14(24)20-12-5-3-11(17)4-6-12/h3-9H,2,10H2,1H3,(H,20,24). The molecular weight excluding hydrogens is 451 g/mol. The zero-order chi connectivity index (χ0) is 17.6. The Labute approximate surface area is 162 Å². The first-order valence-electron chi connectivity index (χ1n) is 7.55. The fourth-order valence-electron chi connectivity index (χ4n) is 2.14. The molecule has 0 fully saturated rings. The lowest BCUT2D eigenvalue weighted by atomic mass is 10.3. The molecule has 2 aromatic heterocycles. The van der Waals surface area contributed by atoms with Crippen molar-refractivity contribution in [2.24, 2.45) is 0 Å². The average Bonchev–Trinajstić information content (AvgIpc) is 3.05. The molecule has 0 saturated heterocycles. The van der Waals surface area contributed by atoms with Crippen LogP contribution in [0.5, 0.6) is 0 Å². The first-order valence-corrected chi connectivity index (χ1v) is 9.61. The van der Waals surface area contributed by atoms with Crippen molar-refractivity contribution in [2.75, 3.05) is 11.1 Å². The van der Waals surface area contributed by atoms with Gasteiger partial charge in [0, 0.05) is 28.2 Å². The Morgan fingerprint density at radius 3 is 2.72 bits per heavy atom. The largest absolute Gasteiger partial charge is 0.325 e. The van der Waals surface area contributed by atoms with Crippen LogP contribution in [0.3, 0.4) is 0 Å². The van der Waals surface area contributed by atoms with E-state index in [4.69, 9.17) is 0 Å². The summed E-state index contributed by atoms with van der Waals surface area (Å²) in [5, 5.41) is 11.9. The highest BCUT2D eigenvalue weighted by Crippen LogP contribution is 2.22. The summed E-state index contributed by atoms with van der Waals surface area (Å²) in [6, 6.07) is 7.66. The third-order valence-electron chi connectivity index (χ3n) is 3.29. The molecule has 0 saturated carbocycles. The number of hydrogen-bond acceptors (Lipinski definition) is 6. The van der Waals surface area contributed by atoms with Crippen LogP contribution in [0.4, 0.5) is 5.69 Å². The Kier molecular flexibility index (Phi) is 5.97. The summed E-state index contributed by atoms with van der Waals surface area (Å²) >= 11 is 3.57. The zero-order valence-corrected chi connectivity index (χ0v) is 16.4. The van der Waals surface area contributed by atoms with Crippen molar-refractivity contribution in [1.82, 2.24) is 24.7 Å². The number of anilines is 1. The Balaban J connectivity index is 1.66. The van der Waals surface area contributed by atoms with Gasteiger partial charge in [-0.25, -0.2) is 4.98 Å². The third-order valence-corrected chi connectivity index (χ3v) is 4.97. The molecule has 1 aromatic carbocycles. The van der Waals surface area contributed by atoms with E-state index in [-0.39, 0.29) is 11.7 Å². The van der Waals surface area contributed by atoms with Crippen LogP contribution in [0.15, 0.2) is 48.0 Å². The minimum Gasteiger partial charge on any atom is -0.325 e. The van der Waals surface area contributed by atoms with Crippen molar-refractivity contribution >= 4 is 45.9 Å². The smallest absolute Gasteiger partial charge is 0.234 e. The van der Waals surface area contributed by atoms with Gasteiger partial charge in [0.05, 0.1) is 11.9 Å². The number of nitrogens with zero attached hydrogens (tertiary/aromatic N) is 5. The number of nitrogens with one attached hydrogen (secondary N) is 1. The Morgan fingerprint density at radius 2 is 2.04 bits per heavy atom. The second-order valence-electron chi connectivity index (χ2n) is 4.98. The molecule has 1 amide bonds. The first-order chi connectivity index (χ1) is 12.2. The Bertz CT molecular complexity index is 853. The maximum atomic E-state index is 12.1. The molecule has 128 valence electrons. The molecular formula is C16H15IN6OS.